The quantitative estimate of drug-likeness (QED) is 0.458. The molecule has 0 spiro atoms. The van der Waals surface area contributed by atoms with E-state index in [0.717, 1.165) is 10.2 Å². The van der Waals surface area contributed by atoms with E-state index in [4.69, 9.17) is 0 Å². The van der Waals surface area contributed by atoms with Crippen molar-refractivity contribution < 1.29 is 14.4 Å². The Morgan fingerprint density at radius 2 is 1.50 bits per heavy atom. The van der Waals surface area contributed by atoms with Crippen LogP contribution in [0.1, 0.15) is 54.9 Å². The molecule has 128 valence electrons. The van der Waals surface area contributed by atoms with Gasteiger partial charge in [0.05, 0.1) is 11.1 Å². The van der Waals surface area contributed by atoms with Gasteiger partial charge in [0.2, 0.25) is 5.78 Å². The Bertz CT molecular complexity index is 1110. The molecule has 3 aromatic rings. The summed E-state index contributed by atoms with van der Waals surface area (Å²) in [5.41, 5.74) is 2.84. The molecule has 0 aliphatic heterocycles. The van der Waals surface area contributed by atoms with Gasteiger partial charge in [-0.25, -0.2) is 0 Å². The van der Waals surface area contributed by atoms with Gasteiger partial charge in [0.15, 0.2) is 11.6 Å². The van der Waals surface area contributed by atoms with Crippen LogP contribution in [0.3, 0.4) is 0 Å². The zero-order valence-corrected chi connectivity index (χ0v) is 15.8. The van der Waals surface area contributed by atoms with Crippen LogP contribution in [0.5, 0.6) is 0 Å². The van der Waals surface area contributed by atoms with E-state index in [2.05, 4.69) is 15.9 Å². The molecule has 0 amide bonds. The smallest absolute Gasteiger partial charge is 0.211 e. The summed E-state index contributed by atoms with van der Waals surface area (Å²) in [5.74, 6) is -0.747. The van der Waals surface area contributed by atoms with Crippen molar-refractivity contribution in [3.63, 3.8) is 0 Å². The van der Waals surface area contributed by atoms with Gasteiger partial charge in [-0.05, 0) is 38.1 Å². The predicted octanol–water partition coefficient (Wildman–Crippen LogP) is 4.53. The van der Waals surface area contributed by atoms with E-state index >= 15 is 0 Å². The number of carbonyl (C=O) groups is 3. The highest BCUT2D eigenvalue weighted by Gasteiger charge is 2.38. The Kier molecular flexibility index (Phi) is 3.77. The maximum Gasteiger partial charge on any atom is 0.211 e. The molecule has 26 heavy (non-hydrogen) atoms. The molecule has 0 unspecified atom stereocenters. The maximum atomic E-state index is 13.2. The van der Waals surface area contributed by atoms with E-state index < -0.39 is 0 Å². The van der Waals surface area contributed by atoms with Crippen molar-refractivity contribution in [3.05, 3.63) is 86.6 Å². The third kappa shape index (κ3) is 2.24. The maximum absolute atomic E-state index is 13.2. The van der Waals surface area contributed by atoms with E-state index in [9.17, 15) is 14.4 Å². The van der Waals surface area contributed by atoms with Crippen molar-refractivity contribution in [2.75, 3.05) is 0 Å². The molecule has 0 saturated carbocycles. The van der Waals surface area contributed by atoms with Crippen LogP contribution in [0.4, 0.5) is 0 Å². The first-order chi connectivity index (χ1) is 12.4. The molecule has 1 aromatic heterocycles. The first-order valence-electron chi connectivity index (χ1n) is 8.12. The van der Waals surface area contributed by atoms with E-state index in [1.165, 1.54) is 6.92 Å². The number of hydrogen-bond donors (Lipinski definition) is 0. The average Bonchev–Trinajstić information content (AvgIpc) is 2.94. The molecule has 1 aliphatic rings. The van der Waals surface area contributed by atoms with Crippen LogP contribution in [0.2, 0.25) is 0 Å². The molecular formula is C21H14BrNO3. The van der Waals surface area contributed by atoms with Gasteiger partial charge in [-0.2, -0.15) is 0 Å². The Morgan fingerprint density at radius 1 is 0.923 bits per heavy atom. The standard InChI is InChI=1S/C21H14BrNO3/c1-11-17(12(2)24)18-19(23(11)14-9-7-13(22)8-10-14)21(26)16-6-4-3-5-15(16)20(18)25/h3-10H,1-2H3. The van der Waals surface area contributed by atoms with Crippen LogP contribution < -0.4 is 0 Å². The zero-order valence-electron chi connectivity index (χ0n) is 14.2. The number of nitrogens with zero attached hydrogens (tertiary/aromatic N) is 1. The molecule has 1 aliphatic carbocycles. The summed E-state index contributed by atoms with van der Waals surface area (Å²) in [7, 11) is 0. The fourth-order valence-electron chi connectivity index (χ4n) is 3.61. The van der Waals surface area contributed by atoms with Gasteiger partial charge in [-0.15, -0.1) is 0 Å². The highest BCUT2D eigenvalue weighted by atomic mass is 79.9. The van der Waals surface area contributed by atoms with Crippen LogP contribution in [0, 0.1) is 6.92 Å². The summed E-state index contributed by atoms with van der Waals surface area (Å²) in [6, 6.07) is 14.2. The highest BCUT2D eigenvalue weighted by Crippen LogP contribution is 2.35. The molecule has 4 rings (SSSR count). The van der Waals surface area contributed by atoms with E-state index in [1.54, 1.807) is 35.8 Å². The molecule has 5 heteroatoms. The van der Waals surface area contributed by atoms with Crippen LogP contribution in [0.15, 0.2) is 53.0 Å². The Labute approximate surface area is 158 Å². The molecule has 1 heterocycles. The van der Waals surface area contributed by atoms with Gasteiger partial charge in [0.25, 0.3) is 0 Å². The Balaban J connectivity index is 2.11. The van der Waals surface area contributed by atoms with E-state index in [-0.39, 0.29) is 28.6 Å². The first-order valence-corrected chi connectivity index (χ1v) is 8.91. The van der Waals surface area contributed by atoms with Crippen molar-refractivity contribution in [2.24, 2.45) is 0 Å². The van der Waals surface area contributed by atoms with Crippen LogP contribution >= 0.6 is 15.9 Å². The number of Topliss-reactive ketones (excluding diaryl/α,β-unsaturated/α-hetero) is 1. The molecule has 0 saturated heterocycles. The molecule has 2 aromatic carbocycles. The molecule has 0 radical (unpaired) electrons. The second kappa shape index (κ2) is 5.88. The number of fused-ring (bicyclic) bond motifs is 2. The third-order valence-corrected chi connectivity index (χ3v) is 5.23. The van der Waals surface area contributed by atoms with Gasteiger partial charge in [0.1, 0.15) is 5.69 Å². The van der Waals surface area contributed by atoms with Crippen molar-refractivity contribution >= 4 is 33.3 Å². The van der Waals surface area contributed by atoms with Gasteiger partial charge < -0.3 is 4.57 Å². The molecular weight excluding hydrogens is 394 g/mol. The molecule has 4 nitrogen and oxygen atoms in total. The Hall–Kier alpha value is -2.79. The van der Waals surface area contributed by atoms with E-state index in [0.29, 0.717) is 22.4 Å². The van der Waals surface area contributed by atoms with Crippen molar-refractivity contribution in [2.45, 2.75) is 13.8 Å². The van der Waals surface area contributed by atoms with Crippen LogP contribution in [0.25, 0.3) is 5.69 Å². The van der Waals surface area contributed by atoms with Crippen LogP contribution in [-0.2, 0) is 0 Å². The topological polar surface area (TPSA) is 56.1 Å². The zero-order chi connectivity index (χ0) is 18.6. The predicted molar refractivity (Wildman–Crippen MR) is 102 cm³/mol. The summed E-state index contributed by atoms with van der Waals surface area (Å²) < 4.78 is 2.62. The number of halogens is 1. The van der Waals surface area contributed by atoms with E-state index in [1.807, 2.05) is 24.3 Å². The third-order valence-electron chi connectivity index (χ3n) is 4.70. The first kappa shape index (κ1) is 16.7. The van der Waals surface area contributed by atoms with Crippen molar-refractivity contribution in [3.8, 4) is 5.69 Å². The fourth-order valence-corrected chi connectivity index (χ4v) is 3.88. The molecule has 0 fully saturated rings. The number of rotatable bonds is 2. The largest absolute Gasteiger partial charge is 0.310 e. The summed E-state index contributed by atoms with van der Waals surface area (Å²) in [6.45, 7) is 3.19. The normalized spacial score (nSPS) is 12.7. The second-order valence-corrected chi connectivity index (χ2v) is 7.17. The lowest BCUT2D eigenvalue weighted by Gasteiger charge is -2.17. The molecule has 0 atom stereocenters. The van der Waals surface area contributed by atoms with Gasteiger partial charge >= 0.3 is 0 Å². The number of aromatic nitrogens is 1. The summed E-state index contributed by atoms with van der Waals surface area (Å²) in [5, 5.41) is 0. The molecule has 0 N–H and O–H groups in total. The van der Waals surface area contributed by atoms with Crippen molar-refractivity contribution in [1.82, 2.24) is 4.57 Å². The van der Waals surface area contributed by atoms with Crippen LogP contribution in [-0.4, -0.2) is 21.9 Å². The Morgan fingerprint density at radius 3 is 2.08 bits per heavy atom. The second-order valence-electron chi connectivity index (χ2n) is 6.26. The number of ketones is 3. The monoisotopic (exact) mass is 407 g/mol. The summed E-state index contributed by atoms with van der Waals surface area (Å²) >= 11 is 3.40. The van der Waals surface area contributed by atoms with Gasteiger partial charge in [-0.3, -0.25) is 14.4 Å². The minimum absolute atomic E-state index is 0.210. The number of carbonyl (C=O) groups excluding carboxylic acids is 3. The lowest BCUT2D eigenvalue weighted by Crippen LogP contribution is -2.23. The average molecular weight is 408 g/mol. The number of hydrogen-bond acceptors (Lipinski definition) is 3. The van der Waals surface area contributed by atoms with Gasteiger partial charge in [0, 0.05) is 27.0 Å². The minimum Gasteiger partial charge on any atom is -0.310 e. The lowest BCUT2D eigenvalue weighted by molar-refractivity contribution is 0.0967. The van der Waals surface area contributed by atoms with Crippen molar-refractivity contribution in [1.29, 1.82) is 0 Å². The number of benzene rings is 2. The van der Waals surface area contributed by atoms with Gasteiger partial charge in [-0.1, -0.05) is 40.2 Å². The fraction of sp³-hybridized carbons (Fsp3) is 0.0952. The molecule has 0 bridgehead atoms. The highest BCUT2D eigenvalue weighted by molar-refractivity contribution is 9.10. The SMILES string of the molecule is CC(=O)c1c2c(n(-c3ccc(Br)cc3)c1C)C(=O)c1ccccc1C2=O. The minimum atomic E-state index is -0.278. The summed E-state index contributed by atoms with van der Waals surface area (Å²) in [6.07, 6.45) is 0. The summed E-state index contributed by atoms with van der Waals surface area (Å²) in [4.78, 5) is 38.6. The lowest BCUT2D eigenvalue weighted by atomic mass is 9.85.